The number of benzene rings is 4. The maximum atomic E-state index is 2.53. The zero-order valence-electron chi connectivity index (χ0n) is 21.0. The van der Waals surface area contributed by atoms with Crippen molar-refractivity contribution in [3.8, 4) is 0 Å². The Labute approximate surface area is 223 Å². The van der Waals surface area contributed by atoms with Crippen LogP contribution in [0.4, 0.5) is 17.1 Å². The van der Waals surface area contributed by atoms with Gasteiger partial charge >= 0.3 is 0 Å². The van der Waals surface area contributed by atoms with Gasteiger partial charge in [0.2, 0.25) is 6.71 Å². The van der Waals surface area contributed by atoms with Gasteiger partial charge in [0.1, 0.15) is 0 Å². The fourth-order valence-electron chi connectivity index (χ4n) is 6.22. The molecule has 4 aromatic carbocycles. The van der Waals surface area contributed by atoms with E-state index in [1.807, 2.05) is 0 Å². The molecule has 0 radical (unpaired) electrons. The number of halogens is 1. The predicted molar refractivity (Wildman–Crippen MR) is 160 cm³/mol. The molecule has 0 saturated heterocycles. The number of hydrogen-bond acceptors (Lipinski definition) is 1. The monoisotopic (exact) mass is 567 g/mol. The first-order chi connectivity index (χ1) is 16.9. The highest BCUT2D eigenvalue weighted by atomic mass is 127. The largest absolute Gasteiger partial charge is 0.311 e. The van der Waals surface area contributed by atoms with Gasteiger partial charge in [-0.2, -0.15) is 0 Å². The van der Waals surface area contributed by atoms with E-state index < -0.39 is 0 Å². The van der Waals surface area contributed by atoms with Crippen molar-refractivity contribution in [1.82, 2.24) is 0 Å². The molecule has 0 fully saturated rings. The molecule has 0 unspecified atom stereocenters. The van der Waals surface area contributed by atoms with Crippen molar-refractivity contribution in [1.29, 1.82) is 0 Å². The second kappa shape index (κ2) is 8.55. The van der Waals surface area contributed by atoms with Crippen LogP contribution in [-0.4, -0.2) is 6.71 Å². The SMILES string of the molecule is CCCCc1ccc2c(c1)N(c1ccc(C)cc1)c1cc(I)cc3c1B2c1ccccc1C3(C)C. The summed E-state index contributed by atoms with van der Waals surface area (Å²) in [4.78, 5) is 2.53. The Hall–Kier alpha value is -2.53. The predicted octanol–water partition coefficient (Wildman–Crippen LogP) is 6.88. The van der Waals surface area contributed by atoms with Crippen LogP contribution < -0.4 is 21.3 Å². The maximum Gasteiger partial charge on any atom is 0.247 e. The van der Waals surface area contributed by atoms with Crippen LogP contribution in [0.1, 0.15) is 55.9 Å². The fraction of sp³-hybridized carbons (Fsp3) is 0.250. The molecule has 2 aliphatic rings. The van der Waals surface area contributed by atoms with Gasteiger partial charge in [0.05, 0.1) is 0 Å². The molecule has 6 rings (SSSR count). The first-order valence-corrected chi connectivity index (χ1v) is 13.9. The average Bonchev–Trinajstić information content (AvgIpc) is 2.85. The van der Waals surface area contributed by atoms with E-state index >= 15 is 0 Å². The first kappa shape index (κ1) is 22.9. The van der Waals surface area contributed by atoms with Crippen molar-refractivity contribution in [2.45, 2.75) is 52.4 Å². The molecule has 0 saturated carbocycles. The summed E-state index contributed by atoms with van der Waals surface area (Å²) in [5.74, 6) is 0. The van der Waals surface area contributed by atoms with E-state index in [0.717, 1.165) is 6.42 Å². The van der Waals surface area contributed by atoms with Gasteiger partial charge in [-0.15, -0.1) is 0 Å². The summed E-state index contributed by atoms with van der Waals surface area (Å²) in [6, 6.07) is 30.3. The molecule has 2 heterocycles. The molecule has 0 amide bonds. The van der Waals surface area contributed by atoms with Crippen molar-refractivity contribution >= 4 is 62.8 Å². The van der Waals surface area contributed by atoms with Crippen molar-refractivity contribution < 1.29 is 0 Å². The number of rotatable bonds is 4. The van der Waals surface area contributed by atoms with Gasteiger partial charge in [0.15, 0.2) is 0 Å². The summed E-state index contributed by atoms with van der Waals surface area (Å²) in [6.45, 7) is 9.50. The molecule has 35 heavy (non-hydrogen) atoms. The van der Waals surface area contributed by atoms with E-state index in [1.165, 1.54) is 72.1 Å². The molecular formula is C32H31BIN. The topological polar surface area (TPSA) is 3.24 Å². The molecule has 0 bridgehead atoms. The normalized spacial score (nSPS) is 14.9. The van der Waals surface area contributed by atoms with E-state index in [9.17, 15) is 0 Å². The number of fused-ring (bicyclic) bond motifs is 4. The van der Waals surface area contributed by atoms with Crippen LogP contribution in [0.5, 0.6) is 0 Å². The lowest BCUT2D eigenvalue weighted by atomic mass is 9.30. The van der Waals surface area contributed by atoms with Crippen molar-refractivity contribution in [2.24, 2.45) is 0 Å². The van der Waals surface area contributed by atoms with Crippen LogP contribution in [-0.2, 0) is 11.8 Å². The Bertz CT molecular complexity index is 1440. The third kappa shape index (κ3) is 3.57. The summed E-state index contributed by atoms with van der Waals surface area (Å²) in [7, 11) is 0. The van der Waals surface area contributed by atoms with Gasteiger partial charge in [0.25, 0.3) is 0 Å². The Balaban J connectivity index is 1.69. The minimum absolute atomic E-state index is 0.0458. The van der Waals surface area contributed by atoms with Gasteiger partial charge in [-0.05, 0) is 100 Å². The van der Waals surface area contributed by atoms with Crippen LogP contribution in [0.15, 0.2) is 78.9 Å². The molecule has 1 nitrogen and oxygen atoms in total. The molecule has 0 spiro atoms. The average molecular weight is 567 g/mol. The lowest BCUT2D eigenvalue weighted by Gasteiger charge is -2.45. The van der Waals surface area contributed by atoms with Gasteiger partial charge in [0, 0.05) is 26.0 Å². The van der Waals surface area contributed by atoms with Crippen LogP contribution in [0.3, 0.4) is 0 Å². The van der Waals surface area contributed by atoms with Gasteiger partial charge in [-0.1, -0.05) is 86.7 Å². The molecule has 0 atom stereocenters. The number of unbranched alkanes of at least 4 members (excludes halogenated alkanes) is 1. The Morgan fingerprint density at radius 1 is 0.829 bits per heavy atom. The summed E-state index contributed by atoms with van der Waals surface area (Å²) in [6.07, 6.45) is 3.57. The molecular weight excluding hydrogens is 536 g/mol. The maximum absolute atomic E-state index is 2.53. The van der Waals surface area contributed by atoms with E-state index in [-0.39, 0.29) is 12.1 Å². The number of nitrogens with zero attached hydrogens (tertiary/aromatic N) is 1. The zero-order chi connectivity index (χ0) is 24.3. The third-order valence-corrected chi connectivity index (χ3v) is 8.65. The molecule has 4 aromatic rings. The molecule has 3 heteroatoms. The zero-order valence-corrected chi connectivity index (χ0v) is 23.2. The van der Waals surface area contributed by atoms with Crippen LogP contribution >= 0.6 is 22.6 Å². The lowest BCUT2D eigenvalue weighted by Crippen LogP contribution is -2.64. The first-order valence-electron chi connectivity index (χ1n) is 12.8. The molecule has 0 N–H and O–H groups in total. The fourth-order valence-corrected chi connectivity index (χ4v) is 6.82. The number of anilines is 3. The van der Waals surface area contributed by atoms with E-state index in [2.05, 4.69) is 134 Å². The third-order valence-electron chi connectivity index (χ3n) is 8.03. The Kier molecular flexibility index (Phi) is 5.60. The van der Waals surface area contributed by atoms with Crippen LogP contribution in [0.25, 0.3) is 0 Å². The molecule has 0 aromatic heterocycles. The van der Waals surface area contributed by atoms with Crippen molar-refractivity contribution in [2.75, 3.05) is 4.90 Å². The molecule has 2 aliphatic heterocycles. The van der Waals surface area contributed by atoms with Crippen LogP contribution in [0, 0.1) is 10.5 Å². The number of hydrogen-bond donors (Lipinski definition) is 0. The van der Waals surface area contributed by atoms with Crippen LogP contribution in [0.2, 0.25) is 0 Å². The van der Waals surface area contributed by atoms with E-state index in [0.29, 0.717) is 0 Å². The second-order valence-electron chi connectivity index (χ2n) is 10.7. The highest BCUT2D eigenvalue weighted by Crippen LogP contribution is 2.43. The van der Waals surface area contributed by atoms with E-state index in [1.54, 1.807) is 0 Å². The Morgan fingerprint density at radius 2 is 1.60 bits per heavy atom. The summed E-state index contributed by atoms with van der Waals surface area (Å²) >= 11 is 2.52. The quantitative estimate of drug-likeness (QED) is 0.169. The smallest absolute Gasteiger partial charge is 0.247 e. The van der Waals surface area contributed by atoms with Gasteiger partial charge in [-0.3, -0.25) is 0 Å². The number of aryl methyl sites for hydroxylation is 2. The molecule has 174 valence electrons. The minimum Gasteiger partial charge on any atom is -0.311 e. The summed E-state index contributed by atoms with van der Waals surface area (Å²) < 4.78 is 1.30. The molecule has 0 aliphatic carbocycles. The highest BCUT2D eigenvalue weighted by molar-refractivity contribution is 14.1. The van der Waals surface area contributed by atoms with E-state index in [4.69, 9.17) is 0 Å². The van der Waals surface area contributed by atoms with Gasteiger partial charge < -0.3 is 4.90 Å². The summed E-state index contributed by atoms with van der Waals surface area (Å²) in [5.41, 5.74) is 13.9. The van der Waals surface area contributed by atoms with Gasteiger partial charge in [-0.25, -0.2) is 0 Å². The standard InChI is InChI=1S/C32H31BIN/c1-5-6-9-22-14-17-28-29(18-22)35(24-15-12-21(2)13-16-24)30-20-23(34)19-26-31(30)33(28)27-11-8-7-10-25(27)32(26,3)4/h7-8,10-20H,5-6,9H2,1-4H3. The highest BCUT2D eigenvalue weighted by Gasteiger charge is 2.45. The van der Waals surface area contributed by atoms with Crippen molar-refractivity contribution in [3.05, 3.63) is 105 Å². The summed E-state index contributed by atoms with van der Waals surface area (Å²) in [5, 5.41) is 0. The lowest BCUT2D eigenvalue weighted by molar-refractivity contribution is 0.645. The Morgan fingerprint density at radius 3 is 2.37 bits per heavy atom. The second-order valence-corrected chi connectivity index (χ2v) is 11.9. The minimum atomic E-state index is -0.0458. The van der Waals surface area contributed by atoms with Crippen molar-refractivity contribution in [3.63, 3.8) is 0 Å².